The second kappa shape index (κ2) is 6.29. The van der Waals surface area contributed by atoms with Crippen LogP contribution in [-0.4, -0.2) is 27.7 Å². The number of ether oxygens (including phenoxy) is 1. The van der Waals surface area contributed by atoms with Crippen molar-refractivity contribution in [1.82, 2.24) is 4.72 Å². The average molecular weight is 316 g/mol. The van der Waals surface area contributed by atoms with Crippen LogP contribution < -0.4 is 10.5 Å². The lowest BCUT2D eigenvalue weighted by Crippen LogP contribution is -2.40. The third-order valence-electron chi connectivity index (χ3n) is 3.90. The van der Waals surface area contributed by atoms with Gasteiger partial charge in [-0.1, -0.05) is 0 Å². The second-order valence-electron chi connectivity index (χ2n) is 5.50. The minimum Gasteiger partial charge on any atom is -0.396 e. The molecule has 0 spiro atoms. The molecule has 1 atom stereocenters. The van der Waals surface area contributed by atoms with E-state index in [1.807, 2.05) is 6.92 Å². The average Bonchev–Trinajstić information content (AvgIpc) is 2.43. The van der Waals surface area contributed by atoms with Crippen LogP contribution in [0.2, 0.25) is 0 Å². The van der Waals surface area contributed by atoms with Gasteiger partial charge < -0.3 is 10.5 Å². The van der Waals surface area contributed by atoms with Gasteiger partial charge in [0.2, 0.25) is 10.0 Å². The van der Waals surface area contributed by atoms with Crippen LogP contribution in [0.25, 0.3) is 0 Å². The smallest absolute Gasteiger partial charge is 0.241 e. The van der Waals surface area contributed by atoms with Crippen LogP contribution in [-0.2, 0) is 14.8 Å². The molecule has 1 aliphatic heterocycles. The number of aryl methyl sites for hydroxylation is 1. The second-order valence-corrected chi connectivity index (χ2v) is 7.18. The number of rotatable bonds is 4. The molecule has 0 aliphatic carbocycles. The summed E-state index contributed by atoms with van der Waals surface area (Å²) in [6, 6.07) is 2.11. The van der Waals surface area contributed by atoms with Crippen molar-refractivity contribution in [2.24, 2.45) is 5.92 Å². The molecule has 1 aromatic carbocycles. The summed E-state index contributed by atoms with van der Waals surface area (Å²) in [5, 5.41) is 0. The zero-order valence-corrected chi connectivity index (χ0v) is 13.0. The summed E-state index contributed by atoms with van der Waals surface area (Å²) in [6.07, 6.45) is 1.66. The molecule has 1 fully saturated rings. The molecule has 0 bridgehead atoms. The Morgan fingerprint density at radius 1 is 1.38 bits per heavy atom. The van der Waals surface area contributed by atoms with Crippen molar-refractivity contribution >= 4 is 15.7 Å². The van der Waals surface area contributed by atoms with Gasteiger partial charge in [0.05, 0.1) is 10.6 Å². The lowest BCUT2D eigenvalue weighted by Gasteiger charge is -2.28. The van der Waals surface area contributed by atoms with Crippen molar-refractivity contribution in [2.45, 2.75) is 37.6 Å². The number of hydrogen-bond donors (Lipinski definition) is 2. The molecule has 0 radical (unpaired) electrons. The molecule has 1 aromatic rings. The van der Waals surface area contributed by atoms with E-state index in [1.54, 1.807) is 6.92 Å². The molecule has 21 heavy (non-hydrogen) atoms. The summed E-state index contributed by atoms with van der Waals surface area (Å²) in [5.41, 5.74) is 5.65. The highest BCUT2D eigenvalue weighted by atomic mass is 32.2. The standard InChI is InChI=1S/C14H21FN2O3S/c1-9-7-12(15)13(16)8-14(9)21(18,19)17-10(2)11-3-5-20-6-4-11/h7-8,10-11,17H,3-6,16H2,1-2H3. The zero-order chi connectivity index (χ0) is 15.6. The van der Waals surface area contributed by atoms with Crippen molar-refractivity contribution < 1.29 is 17.5 Å². The summed E-state index contributed by atoms with van der Waals surface area (Å²) in [7, 11) is -3.72. The third-order valence-corrected chi connectivity index (χ3v) is 5.60. The van der Waals surface area contributed by atoms with Gasteiger partial charge in [-0.25, -0.2) is 17.5 Å². The maximum absolute atomic E-state index is 13.3. The van der Waals surface area contributed by atoms with Gasteiger partial charge in [0.1, 0.15) is 5.82 Å². The fourth-order valence-corrected chi connectivity index (χ4v) is 4.15. The molecule has 1 aliphatic rings. The van der Waals surface area contributed by atoms with Crippen LogP contribution in [0.1, 0.15) is 25.3 Å². The summed E-state index contributed by atoms with van der Waals surface area (Å²) >= 11 is 0. The Labute approximate surface area is 124 Å². The van der Waals surface area contributed by atoms with E-state index >= 15 is 0 Å². The molecular weight excluding hydrogens is 295 g/mol. The summed E-state index contributed by atoms with van der Waals surface area (Å²) < 4.78 is 46.2. The molecule has 1 unspecified atom stereocenters. The largest absolute Gasteiger partial charge is 0.396 e. The number of anilines is 1. The summed E-state index contributed by atoms with van der Waals surface area (Å²) in [5.74, 6) is -0.365. The number of hydrogen-bond acceptors (Lipinski definition) is 4. The van der Waals surface area contributed by atoms with Gasteiger partial charge in [0, 0.05) is 19.3 Å². The highest BCUT2D eigenvalue weighted by Crippen LogP contribution is 2.24. The Bertz CT molecular complexity index is 613. The van der Waals surface area contributed by atoms with Crippen molar-refractivity contribution in [3.05, 3.63) is 23.5 Å². The van der Waals surface area contributed by atoms with E-state index in [9.17, 15) is 12.8 Å². The van der Waals surface area contributed by atoms with Gasteiger partial charge in [-0.05, 0) is 50.3 Å². The van der Waals surface area contributed by atoms with Gasteiger partial charge >= 0.3 is 0 Å². The Hall–Kier alpha value is -1.18. The third kappa shape index (κ3) is 3.72. The highest BCUT2D eigenvalue weighted by molar-refractivity contribution is 7.89. The highest BCUT2D eigenvalue weighted by Gasteiger charge is 2.26. The molecule has 0 saturated carbocycles. The quantitative estimate of drug-likeness (QED) is 0.830. The topological polar surface area (TPSA) is 81.4 Å². The Morgan fingerprint density at radius 3 is 2.62 bits per heavy atom. The number of nitrogen functional groups attached to an aromatic ring is 1. The van der Waals surface area contributed by atoms with E-state index in [1.165, 1.54) is 6.07 Å². The van der Waals surface area contributed by atoms with E-state index < -0.39 is 15.8 Å². The van der Waals surface area contributed by atoms with Crippen molar-refractivity contribution in [2.75, 3.05) is 18.9 Å². The Kier molecular flexibility index (Phi) is 4.85. The van der Waals surface area contributed by atoms with Crippen LogP contribution in [0.3, 0.4) is 0 Å². The molecular formula is C14H21FN2O3S. The molecule has 5 nitrogen and oxygen atoms in total. The number of halogens is 1. The summed E-state index contributed by atoms with van der Waals surface area (Å²) in [6.45, 7) is 4.70. The minimum absolute atomic E-state index is 0.0281. The molecule has 3 N–H and O–H groups in total. The minimum atomic E-state index is -3.72. The molecule has 0 aromatic heterocycles. The van der Waals surface area contributed by atoms with Gasteiger partial charge in [0.15, 0.2) is 0 Å². The first-order valence-electron chi connectivity index (χ1n) is 6.97. The van der Waals surface area contributed by atoms with E-state index in [0.29, 0.717) is 18.8 Å². The maximum Gasteiger partial charge on any atom is 0.241 e. The predicted octanol–water partition coefficient (Wildman–Crippen LogP) is 1.81. The molecule has 118 valence electrons. The number of benzene rings is 1. The number of nitrogens with two attached hydrogens (primary N) is 1. The lowest BCUT2D eigenvalue weighted by atomic mass is 9.94. The summed E-state index contributed by atoms with van der Waals surface area (Å²) in [4.78, 5) is 0.0281. The Balaban J connectivity index is 2.20. The van der Waals surface area contributed by atoms with E-state index in [-0.39, 0.29) is 22.5 Å². The van der Waals surface area contributed by atoms with Gasteiger partial charge in [-0.3, -0.25) is 0 Å². The Morgan fingerprint density at radius 2 is 2.00 bits per heavy atom. The van der Waals surface area contributed by atoms with Gasteiger partial charge in [-0.2, -0.15) is 0 Å². The van der Waals surface area contributed by atoms with Gasteiger partial charge in [0.25, 0.3) is 0 Å². The van der Waals surface area contributed by atoms with Crippen LogP contribution in [0.15, 0.2) is 17.0 Å². The van der Waals surface area contributed by atoms with Crippen LogP contribution in [0.5, 0.6) is 0 Å². The lowest BCUT2D eigenvalue weighted by molar-refractivity contribution is 0.0585. The van der Waals surface area contributed by atoms with Crippen molar-refractivity contribution in [3.8, 4) is 0 Å². The zero-order valence-electron chi connectivity index (χ0n) is 12.2. The van der Waals surface area contributed by atoms with Crippen LogP contribution in [0.4, 0.5) is 10.1 Å². The first-order chi connectivity index (χ1) is 9.81. The van der Waals surface area contributed by atoms with Crippen molar-refractivity contribution in [1.29, 1.82) is 0 Å². The van der Waals surface area contributed by atoms with E-state index in [4.69, 9.17) is 10.5 Å². The van der Waals surface area contributed by atoms with Crippen molar-refractivity contribution in [3.63, 3.8) is 0 Å². The molecule has 0 amide bonds. The van der Waals surface area contributed by atoms with E-state index in [2.05, 4.69) is 4.72 Å². The maximum atomic E-state index is 13.3. The number of sulfonamides is 1. The molecule has 1 heterocycles. The monoisotopic (exact) mass is 316 g/mol. The fourth-order valence-electron chi connectivity index (χ4n) is 2.58. The molecule has 2 rings (SSSR count). The molecule has 7 heteroatoms. The normalized spacial score (nSPS) is 18.6. The predicted molar refractivity (Wildman–Crippen MR) is 78.9 cm³/mol. The number of nitrogens with one attached hydrogen (secondary N) is 1. The van der Waals surface area contributed by atoms with Crippen LogP contribution in [0, 0.1) is 18.7 Å². The van der Waals surface area contributed by atoms with E-state index in [0.717, 1.165) is 18.9 Å². The first-order valence-corrected chi connectivity index (χ1v) is 8.45. The molecule has 1 saturated heterocycles. The van der Waals surface area contributed by atoms with Gasteiger partial charge in [-0.15, -0.1) is 0 Å². The SMILES string of the molecule is Cc1cc(F)c(N)cc1S(=O)(=O)NC(C)C1CCOCC1. The fraction of sp³-hybridized carbons (Fsp3) is 0.571. The first kappa shape index (κ1) is 16.2. The van der Waals surface area contributed by atoms with Crippen LogP contribution >= 0.6 is 0 Å².